The standard InChI is InChI=1S/C12H9F3N2O2/c13-12(14,15)10-5-6-17(16-10)7-8-3-1-2-4-9(8)11(18)19/h1-6H,7H2,(H,18,19). The SMILES string of the molecule is O=C(O)c1ccccc1Cn1ccc(C(F)(F)F)n1. The van der Waals surface area contributed by atoms with E-state index in [0.29, 0.717) is 5.56 Å². The van der Waals surface area contributed by atoms with Crippen molar-refractivity contribution in [3.8, 4) is 0 Å². The first-order chi connectivity index (χ1) is 8.88. The van der Waals surface area contributed by atoms with Crippen molar-refractivity contribution in [1.82, 2.24) is 9.78 Å². The van der Waals surface area contributed by atoms with Crippen LogP contribution in [0.5, 0.6) is 0 Å². The van der Waals surface area contributed by atoms with Gasteiger partial charge in [-0.15, -0.1) is 0 Å². The van der Waals surface area contributed by atoms with Crippen molar-refractivity contribution in [3.05, 3.63) is 53.3 Å². The van der Waals surface area contributed by atoms with Crippen molar-refractivity contribution in [1.29, 1.82) is 0 Å². The molecule has 0 saturated heterocycles. The molecule has 0 atom stereocenters. The molecule has 1 aromatic carbocycles. The van der Waals surface area contributed by atoms with Crippen molar-refractivity contribution in [2.24, 2.45) is 0 Å². The van der Waals surface area contributed by atoms with Crippen molar-refractivity contribution in [3.63, 3.8) is 0 Å². The zero-order valence-corrected chi connectivity index (χ0v) is 9.55. The van der Waals surface area contributed by atoms with Gasteiger partial charge in [0.05, 0.1) is 12.1 Å². The zero-order valence-electron chi connectivity index (χ0n) is 9.55. The van der Waals surface area contributed by atoms with Gasteiger partial charge < -0.3 is 5.11 Å². The van der Waals surface area contributed by atoms with E-state index in [9.17, 15) is 18.0 Å². The minimum Gasteiger partial charge on any atom is -0.478 e. The second-order valence-electron chi connectivity index (χ2n) is 3.86. The Morgan fingerprint density at radius 3 is 2.53 bits per heavy atom. The van der Waals surface area contributed by atoms with Crippen molar-refractivity contribution < 1.29 is 23.1 Å². The van der Waals surface area contributed by atoms with Crippen LogP contribution in [0, 0.1) is 0 Å². The number of rotatable bonds is 3. The average Bonchev–Trinajstić information content (AvgIpc) is 2.77. The lowest BCUT2D eigenvalue weighted by atomic mass is 10.1. The number of halogens is 3. The normalized spacial score (nSPS) is 11.5. The smallest absolute Gasteiger partial charge is 0.435 e. The lowest BCUT2D eigenvalue weighted by Crippen LogP contribution is -2.10. The fourth-order valence-electron chi connectivity index (χ4n) is 1.64. The predicted molar refractivity (Wildman–Crippen MR) is 59.7 cm³/mol. The number of alkyl halides is 3. The molecular weight excluding hydrogens is 261 g/mol. The summed E-state index contributed by atoms with van der Waals surface area (Å²) in [6.07, 6.45) is -3.33. The Morgan fingerprint density at radius 2 is 1.95 bits per heavy atom. The van der Waals surface area contributed by atoms with Gasteiger partial charge in [0.25, 0.3) is 0 Å². The molecule has 0 spiro atoms. The Morgan fingerprint density at radius 1 is 1.26 bits per heavy atom. The molecule has 0 aliphatic rings. The van der Waals surface area contributed by atoms with E-state index in [2.05, 4.69) is 5.10 Å². The average molecular weight is 270 g/mol. The van der Waals surface area contributed by atoms with Crippen LogP contribution in [0.2, 0.25) is 0 Å². The van der Waals surface area contributed by atoms with E-state index in [4.69, 9.17) is 5.11 Å². The second-order valence-corrected chi connectivity index (χ2v) is 3.86. The van der Waals surface area contributed by atoms with Gasteiger partial charge in [-0.1, -0.05) is 18.2 Å². The summed E-state index contributed by atoms with van der Waals surface area (Å²) < 4.78 is 38.2. The molecule has 0 unspecified atom stereocenters. The van der Waals surface area contributed by atoms with Crippen LogP contribution in [0.15, 0.2) is 36.5 Å². The van der Waals surface area contributed by atoms with Crippen LogP contribution >= 0.6 is 0 Å². The molecule has 0 saturated carbocycles. The highest BCUT2D eigenvalue weighted by atomic mass is 19.4. The molecule has 1 aromatic heterocycles. The molecule has 4 nitrogen and oxygen atoms in total. The molecule has 2 rings (SSSR count). The van der Waals surface area contributed by atoms with Crippen molar-refractivity contribution >= 4 is 5.97 Å². The maximum atomic E-state index is 12.4. The van der Waals surface area contributed by atoms with Gasteiger partial charge in [-0.3, -0.25) is 4.68 Å². The van der Waals surface area contributed by atoms with Gasteiger partial charge in [-0.2, -0.15) is 18.3 Å². The monoisotopic (exact) mass is 270 g/mol. The molecule has 0 fully saturated rings. The van der Waals surface area contributed by atoms with Gasteiger partial charge in [-0.25, -0.2) is 4.79 Å². The van der Waals surface area contributed by atoms with Gasteiger partial charge >= 0.3 is 12.1 Å². The first-order valence-electron chi connectivity index (χ1n) is 5.30. The largest absolute Gasteiger partial charge is 0.478 e. The van der Waals surface area contributed by atoms with Crippen LogP contribution in [0.3, 0.4) is 0 Å². The zero-order chi connectivity index (χ0) is 14.0. The van der Waals surface area contributed by atoms with Gasteiger partial charge in [0, 0.05) is 6.20 Å². The van der Waals surface area contributed by atoms with Gasteiger partial charge in [0.2, 0.25) is 0 Å². The van der Waals surface area contributed by atoms with Gasteiger partial charge in [-0.05, 0) is 17.7 Å². The highest BCUT2D eigenvalue weighted by molar-refractivity contribution is 5.89. The molecule has 2 aromatic rings. The fraction of sp³-hybridized carbons (Fsp3) is 0.167. The Bertz CT molecular complexity index is 605. The first-order valence-corrected chi connectivity index (χ1v) is 5.30. The quantitative estimate of drug-likeness (QED) is 0.932. The molecule has 0 aliphatic heterocycles. The van der Waals surface area contributed by atoms with E-state index in [1.165, 1.54) is 12.3 Å². The number of benzene rings is 1. The van der Waals surface area contributed by atoms with Gasteiger partial charge in [0.1, 0.15) is 0 Å². The van der Waals surface area contributed by atoms with Gasteiger partial charge in [0.15, 0.2) is 5.69 Å². The predicted octanol–water partition coefficient (Wildman–Crippen LogP) is 2.65. The van der Waals surface area contributed by atoms with Crippen LogP contribution in [0.4, 0.5) is 13.2 Å². The molecule has 1 N–H and O–H groups in total. The minimum absolute atomic E-state index is 0.0292. The lowest BCUT2D eigenvalue weighted by molar-refractivity contribution is -0.141. The summed E-state index contributed by atoms with van der Waals surface area (Å²) >= 11 is 0. The maximum absolute atomic E-state index is 12.4. The van der Waals surface area contributed by atoms with Crippen molar-refractivity contribution in [2.45, 2.75) is 12.7 Å². The number of carboxylic acids is 1. The molecule has 0 aliphatic carbocycles. The third-order valence-electron chi connectivity index (χ3n) is 2.51. The van der Waals surface area contributed by atoms with Crippen LogP contribution in [-0.2, 0) is 12.7 Å². The maximum Gasteiger partial charge on any atom is 0.435 e. The summed E-state index contributed by atoms with van der Waals surface area (Å²) in [6, 6.07) is 6.96. The van der Waals surface area contributed by atoms with Crippen LogP contribution in [0.25, 0.3) is 0 Å². The second kappa shape index (κ2) is 4.75. The number of aromatic nitrogens is 2. The molecule has 7 heteroatoms. The van der Waals surface area contributed by atoms with Crippen LogP contribution in [-0.4, -0.2) is 20.9 Å². The number of carbonyl (C=O) groups is 1. The Kier molecular flexibility index (Phi) is 3.28. The Hall–Kier alpha value is -2.31. The molecule has 19 heavy (non-hydrogen) atoms. The molecule has 0 radical (unpaired) electrons. The molecule has 0 amide bonds. The van der Waals surface area contributed by atoms with Crippen molar-refractivity contribution in [2.75, 3.05) is 0 Å². The third kappa shape index (κ3) is 2.93. The minimum atomic E-state index is -4.50. The highest BCUT2D eigenvalue weighted by Gasteiger charge is 2.33. The van der Waals surface area contributed by atoms with Crippen LogP contribution < -0.4 is 0 Å². The number of carboxylic acid groups (broad SMARTS) is 1. The van der Waals surface area contributed by atoms with E-state index < -0.39 is 17.8 Å². The first kappa shape index (κ1) is 13.1. The summed E-state index contributed by atoms with van der Waals surface area (Å²) in [5.74, 6) is -1.13. The van der Waals surface area contributed by atoms with E-state index in [-0.39, 0.29) is 12.1 Å². The molecule has 100 valence electrons. The molecular formula is C12H9F3N2O2. The summed E-state index contributed by atoms with van der Waals surface area (Å²) in [6.45, 7) is -0.0292. The topological polar surface area (TPSA) is 55.1 Å². The number of nitrogens with zero attached hydrogens (tertiary/aromatic N) is 2. The van der Waals surface area contributed by atoms with Crippen LogP contribution in [0.1, 0.15) is 21.6 Å². The summed E-state index contributed by atoms with van der Waals surface area (Å²) in [7, 11) is 0. The molecule has 1 heterocycles. The lowest BCUT2D eigenvalue weighted by Gasteiger charge is -2.06. The highest BCUT2D eigenvalue weighted by Crippen LogP contribution is 2.27. The Labute approximate surface area is 106 Å². The van der Waals surface area contributed by atoms with E-state index in [1.807, 2.05) is 0 Å². The summed E-state index contributed by atoms with van der Waals surface area (Å²) in [4.78, 5) is 11.0. The summed E-state index contributed by atoms with van der Waals surface area (Å²) in [5, 5.41) is 12.3. The van der Waals surface area contributed by atoms with E-state index >= 15 is 0 Å². The molecule has 0 bridgehead atoms. The Balaban J connectivity index is 2.27. The van der Waals surface area contributed by atoms with E-state index in [0.717, 1.165) is 10.7 Å². The third-order valence-corrected chi connectivity index (χ3v) is 2.51. The number of hydrogen-bond acceptors (Lipinski definition) is 2. The fourth-order valence-corrected chi connectivity index (χ4v) is 1.64. The number of hydrogen-bond donors (Lipinski definition) is 1. The van der Waals surface area contributed by atoms with E-state index in [1.54, 1.807) is 18.2 Å². The summed E-state index contributed by atoms with van der Waals surface area (Å²) in [5.41, 5.74) is -0.557. The number of aromatic carboxylic acids is 1.